The number of aliphatic carboxylic acids is 1. The average Bonchev–Trinajstić information content (AvgIpc) is 2.37. The summed E-state index contributed by atoms with van der Waals surface area (Å²) in [6, 6.07) is 9.12. The number of para-hydroxylation sites is 1. The standard InChI is InChI=1S/C15H18N2O2/c1-10(2)7-14(15(18)19)17-12-8-11-5-3-4-6-13(11)16-9-12/h3-6,8-10,14,17H,7H2,1-2H3,(H,18,19). The van der Waals surface area contributed by atoms with E-state index in [2.05, 4.69) is 10.3 Å². The first-order valence-corrected chi connectivity index (χ1v) is 6.40. The van der Waals surface area contributed by atoms with Crippen LogP contribution in [0.3, 0.4) is 0 Å². The van der Waals surface area contributed by atoms with Crippen LogP contribution in [0.25, 0.3) is 10.9 Å². The molecule has 0 aliphatic carbocycles. The van der Waals surface area contributed by atoms with Crippen LogP contribution in [0.15, 0.2) is 36.5 Å². The lowest BCUT2D eigenvalue weighted by atomic mass is 10.0. The number of carboxylic acid groups (broad SMARTS) is 1. The quantitative estimate of drug-likeness (QED) is 0.864. The van der Waals surface area contributed by atoms with E-state index >= 15 is 0 Å². The maximum atomic E-state index is 11.2. The highest BCUT2D eigenvalue weighted by atomic mass is 16.4. The molecule has 2 N–H and O–H groups in total. The van der Waals surface area contributed by atoms with E-state index in [-0.39, 0.29) is 0 Å². The highest BCUT2D eigenvalue weighted by Gasteiger charge is 2.18. The lowest BCUT2D eigenvalue weighted by molar-refractivity contribution is -0.138. The van der Waals surface area contributed by atoms with E-state index in [4.69, 9.17) is 0 Å². The number of anilines is 1. The molecular formula is C15H18N2O2. The second kappa shape index (κ2) is 5.69. The number of benzene rings is 1. The summed E-state index contributed by atoms with van der Waals surface area (Å²) < 4.78 is 0. The summed E-state index contributed by atoms with van der Waals surface area (Å²) in [5.74, 6) is -0.510. The van der Waals surface area contributed by atoms with Gasteiger partial charge in [-0.1, -0.05) is 32.0 Å². The zero-order chi connectivity index (χ0) is 13.8. The summed E-state index contributed by atoms with van der Waals surface area (Å²) >= 11 is 0. The Hall–Kier alpha value is -2.10. The second-order valence-corrected chi connectivity index (χ2v) is 5.08. The number of hydrogen-bond acceptors (Lipinski definition) is 3. The Kier molecular flexibility index (Phi) is 4.00. The number of rotatable bonds is 5. The van der Waals surface area contributed by atoms with E-state index in [1.54, 1.807) is 6.20 Å². The lowest BCUT2D eigenvalue weighted by Crippen LogP contribution is -2.30. The number of carbonyl (C=O) groups is 1. The van der Waals surface area contributed by atoms with Crippen molar-refractivity contribution >= 4 is 22.6 Å². The maximum Gasteiger partial charge on any atom is 0.326 e. The molecular weight excluding hydrogens is 240 g/mol. The minimum absolute atomic E-state index is 0.321. The minimum atomic E-state index is -0.832. The normalized spacial score (nSPS) is 12.6. The van der Waals surface area contributed by atoms with Gasteiger partial charge in [-0.25, -0.2) is 4.79 Å². The van der Waals surface area contributed by atoms with Crippen molar-refractivity contribution in [1.82, 2.24) is 4.98 Å². The molecule has 0 fully saturated rings. The average molecular weight is 258 g/mol. The fourth-order valence-electron chi connectivity index (χ4n) is 2.04. The molecule has 1 aromatic carbocycles. The Morgan fingerprint density at radius 1 is 1.37 bits per heavy atom. The first-order valence-electron chi connectivity index (χ1n) is 6.40. The van der Waals surface area contributed by atoms with E-state index in [1.165, 1.54) is 0 Å². The van der Waals surface area contributed by atoms with E-state index in [0.717, 1.165) is 16.6 Å². The molecule has 0 aliphatic rings. The topological polar surface area (TPSA) is 62.2 Å². The van der Waals surface area contributed by atoms with Crippen molar-refractivity contribution in [3.8, 4) is 0 Å². The fourth-order valence-corrected chi connectivity index (χ4v) is 2.04. The number of carboxylic acids is 1. The Morgan fingerprint density at radius 3 is 2.79 bits per heavy atom. The predicted octanol–water partition coefficient (Wildman–Crippen LogP) is 3.15. The third kappa shape index (κ3) is 3.44. The highest BCUT2D eigenvalue weighted by molar-refractivity contribution is 5.83. The van der Waals surface area contributed by atoms with Crippen LogP contribution in [-0.4, -0.2) is 22.1 Å². The molecule has 4 heteroatoms. The molecule has 0 aliphatic heterocycles. The van der Waals surface area contributed by atoms with Crippen molar-refractivity contribution in [3.63, 3.8) is 0 Å². The summed E-state index contributed by atoms with van der Waals surface area (Å²) in [6.07, 6.45) is 2.26. The smallest absolute Gasteiger partial charge is 0.326 e. The van der Waals surface area contributed by atoms with Crippen LogP contribution in [0.1, 0.15) is 20.3 Å². The molecule has 1 heterocycles. The van der Waals surface area contributed by atoms with Crippen LogP contribution < -0.4 is 5.32 Å². The van der Waals surface area contributed by atoms with Crippen LogP contribution in [0, 0.1) is 5.92 Å². The third-order valence-corrected chi connectivity index (χ3v) is 2.94. The first-order chi connectivity index (χ1) is 9.06. The molecule has 2 rings (SSSR count). The van der Waals surface area contributed by atoms with Gasteiger partial charge in [0.1, 0.15) is 6.04 Å². The number of pyridine rings is 1. The van der Waals surface area contributed by atoms with Gasteiger partial charge in [0.25, 0.3) is 0 Å². The monoisotopic (exact) mass is 258 g/mol. The fraction of sp³-hybridized carbons (Fsp3) is 0.333. The van der Waals surface area contributed by atoms with Crippen molar-refractivity contribution in [2.45, 2.75) is 26.3 Å². The van der Waals surface area contributed by atoms with Gasteiger partial charge in [0.15, 0.2) is 0 Å². The van der Waals surface area contributed by atoms with Crippen LogP contribution in [0.5, 0.6) is 0 Å². The zero-order valence-corrected chi connectivity index (χ0v) is 11.1. The number of nitrogens with zero attached hydrogens (tertiary/aromatic N) is 1. The molecule has 0 spiro atoms. The van der Waals surface area contributed by atoms with E-state index in [1.807, 2.05) is 44.2 Å². The molecule has 0 amide bonds. The number of fused-ring (bicyclic) bond motifs is 1. The third-order valence-electron chi connectivity index (χ3n) is 2.94. The van der Waals surface area contributed by atoms with Crippen LogP contribution in [0.4, 0.5) is 5.69 Å². The Balaban J connectivity index is 2.21. The molecule has 0 saturated carbocycles. The van der Waals surface area contributed by atoms with E-state index in [0.29, 0.717) is 12.3 Å². The molecule has 1 atom stereocenters. The molecule has 1 aromatic heterocycles. The number of hydrogen-bond donors (Lipinski definition) is 2. The predicted molar refractivity (Wildman–Crippen MR) is 76.2 cm³/mol. The number of nitrogens with one attached hydrogen (secondary N) is 1. The Morgan fingerprint density at radius 2 is 2.11 bits per heavy atom. The van der Waals surface area contributed by atoms with Crippen LogP contribution in [-0.2, 0) is 4.79 Å². The lowest BCUT2D eigenvalue weighted by Gasteiger charge is -2.17. The summed E-state index contributed by atoms with van der Waals surface area (Å²) in [7, 11) is 0. The second-order valence-electron chi connectivity index (χ2n) is 5.08. The molecule has 2 aromatic rings. The van der Waals surface area contributed by atoms with Gasteiger partial charge in [-0.15, -0.1) is 0 Å². The van der Waals surface area contributed by atoms with Gasteiger partial charge in [-0.3, -0.25) is 4.98 Å². The van der Waals surface area contributed by atoms with Gasteiger partial charge in [-0.05, 0) is 24.5 Å². The van der Waals surface area contributed by atoms with Gasteiger partial charge < -0.3 is 10.4 Å². The first kappa shape index (κ1) is 13.3. The minimum Gasteiger partial charge on any atom is -0.480 e. The largest absolute Gasteiger partial charge is 0.480 e. The van der Waals surface area contributed by atoms with Gasteiger partial charge >= 0.3 is 5.97 Å². The van der Waals surface area contributed by atoms with Gasteiger partial charge in [-0.2, -0.15) is 0 Å². The van der Waals surface area contributed by atoms with Crippen LogP contribution in [0.2, 0.25) is 0 Å². The van der Waals surface area contributed by atoms with Crippen LogP contribution >= 0.6 is 0 Å². The van der Waals surface area contributed by atoms with Crippen molar-refractivity contribution in [2.75, 3.05) is 5.32 Å². The molecule has 0 bridgehead atoms. The SMILES string of the molecule is CC(C)CC(Nc1cnc2ccccc2c1)C(=O)O. The molecule has 19 heavy (non-hydrogen) atoms. The maximum absolute atomic E-state index is 11.2. The summed E-state index contributed by atoms with van der Waals surface area (Å²) in [5.41, 5.74) is 1.65. The van der Waals surface area contributed by atoms with Crippen molar-refractivity contribution < 1.29 is 9.90 Å². The summed E-state index contributed by atoms with van der Waals surface area (Å²) in [4.78, 5) is 15.5. The van der Waals surface area contributed by atoms with E-state index < -0.39 is 12.0 Å². The molecule has 100 valence electrons. The van der Waals surface area contributed by atoms with Gasteiger partial charge in [0.2, 0.25) is 0 Å². The van der Waals surface area contributed by atoms with Crippen molar-refractivity contribution in [3.05, 3.63) is 36.5 Å². The molecule has 1 unspecified atom stereocenters. The molecule has 4 nitrogen and oxygen atoms in total. The van der Waals surface area contributed by atoms with Gasteiger partial charge in [0.05, 0.1) is 17.4 Å². The molecule has 0 radical (unpaired) electrons. The highest BCUT2D eigenvalue weighted by Crippen LogP contribution is 2.18. The zero-order valence-electron chi connectivity index (χ0n) is 11.1. The Labute approximate surface area is 112 Å². The Bertz CT molecular complexity index is 581. The van der Waals surface area contributed by atoms with Crippen molar-refractivity contribution in [2.24, 2.45) is 5.92 Å². The summed E-state index contributed by atoms with van der Waals surface area (Å²) in [5, 5.41) is 13.3. The van der Waals surface area contributed by atoms with Gasteiger partial charge in [0, 0.05) is 5.39 Å². The van der Waals surface area contributed by atoms with Crippen molar-refractivity contribution in [1.29, 1.82) is 0 Å². The number of aromatic nitrogens is 1. The molecule has 0 saturated heterocycles. The van der Waals surface area contributed by atoms with E-state index in [9.17, 15) is 9.90 Å². The summed E-state index contributed by atoms with van der Waals surface area (Å²) in [6.45, 7) is 4.02.